The van der Waals surface area contributed by atoms with Crippen LogP contribution in [-0.4, -0.2) is 27.0 Å². The highest BCUT2D eigenvalue weighted by atomic mass is 32.1. The molecule has 2 aromatic rings. The number of carboxylic acid groups (broad SMARTS) is 1. The Morgan fingerprint density at radius 3 is 2.65 bits per heavy atom. The zero-order valence-corrected chi connectivity index (χ0v) is 11.8. The molecule has 104 valence electrons. The number of pyridine rings is 1. The van der Waals surface area contributed by atoms with Crippen molar-refractivity contribution in [2.45, 2.75) is 13.8 Å². The minimum atomic E-state index is -1.09. The van der Waals surface area contributed by atoms with Crippen LogP contribution in [0.25, 0.3) is 11.4 Å². The number of hydrogen-bond acceptors (Lipinski definition) is 5. The van der Waals surface area contributed by atoms with Gasteiger partial charge in [-0.05, 0) is 12.1 Å². The molecule has 0 aliphatic rings. The summed E-state index contributed by atoms with van der Waals surface area (Å²) in [7, 11) is 0. The second kappa shape index (κ2) is 5.79. The molecular weight excluding hydrogens is 278 g/mol. The number of thiazole rings is 1. The van der Waals surface area contributed by atoms with E-state index in [1.165, 1.54) is 0 Å². The average Bonchev–Trinajstić information content (AvgIpc) is 2.83. The third-order valence-electron chi connectivity index (χ3n) is 2.48. The van der Waals surface area contributed by atoms with Crippen molar-refractivity contribution in [1.82, 2.24) is 9.97 Å². The predicted octanol–water partition coefficient (Wildman–Crippen LogP) is 2.50. The number of amides is 1. The Labute approximate surface area is 119 Å². The summed E-state index contributed by atoms with van der Waals surface area (Å²) in [6, 6.07) is 5.16. The fourth-order valence-corrected chi connectivity index (χ4v) is 2.26. The van der Waals surface area contributed by atoms with Gasteiger partial charge in [0.1, 0.15) is 10.6 Å². The molecule has 2 rings (SSSR count). The lowest BCUT2D eigenvalue weighted by Crippen LogP contribution is -2.17. The molecule has 2 N–H and O–H groups in total. The number of nitrogens with zero attached hydrogens (tertiary/aromatic N) is 2. The molecule has 0 bridgehead atoms. The second-order valence-electron chi connectivity index (χ2n) is 4.36. The molecule has 2 heterocycles. The minimum Gasteiger partial charge on any atom is -0.477 e. The van der Waals surface area contributed by atoms with Gasteiger partial charge in [0, 0.05) is 12.1 Å². The van der Waals surface area contributed by atoms with Crippen molar-refractivity contribution >= 4 is 28.3 Å². The fourth-order valence-electron chi connectivity index (χ4n) is 1.44. The number of aromatic nitrogens is 2. The van der Waals surface area contributed by atoms with Crippen molar-refractivity contribution < 1.29 is 14.7 Å². The van der Waals surface area contributed by atoms with E-state index in [-0.39, 0.29) is 27.5 Å². The Bertz CT molecular complexity index is 638. The first-order chi connectivity index (χ1) is 9.49. The number of hydrogen-bond donors (Lipinski definition) is 2. The lowest BCUT2D eigenvalue weighted by Gasteiger charge is -2.03. The van der Waals surface area contributed by atoms with Crippen molar-refractivity contribution in [2.24, 2.45) is 5.92 Å². The Morgan fingerprint density at radius 1 is 1.35 bits per heavy atom. The third kappa shape index (κ3) is 3.00. The van der Waals surface area contributed by atoms with Gasteiger partial charge in [-0.2, -0.15) is 0 Å². The molecule has 0 aliphatic carbocycles. The molecule has 0 aromatic carbocycles. The monoisotopic (exact) mass is 291 g/mol. The SMILES string of the molecule is CC(C)C(=O)Nc1nc(-c2ccccn2)c(C(=O)O)s1. The van der Waals surface area contributed by atoms with Crippen LogP contribution in [0.5, 0.6) is 0 Å². The number of carbonyl (C=O) groups excluding carboxylic acids is 1. The van der Waals surface area contributed by atoms with E-state index in [1.54, 1.807) is 38.2 Å². The van der Waals surface area contributed by atoms with Crippen LogP contribution in [0.4, 0.5) is 5.13 Å². The molecule has 0 saturated carbocycles. The number of carboxylic acids is 1. The summed E-state index contributed by atoms with van der Waals surface area (Å²) in [6.45, 7) is 3.50. The minimum absolute atomic E-state index is 0.0581. The maximum absolute atomic E-state index is 11.6. The molecule has 0 saturated heterocycles. The molecule has 0 atom stereocenters. The molecule has 0 aliphatic heterocycles. The van der Waals surface area contributed by atoms with E-state index >= 15 is 0 Å². The van der Waals surface area contributed by atoms with Crippen LogP contribution in [0, 0.1) is 5.92 Å². The van der Waals surface area contributed by atoms with Crippen LogP contribution in [-0.2, 0) is 4.79 Å². The van der Waals surface area contributed by atoms with E-state index in [9.17, 15) is 14.7 Å². The number of carbonyl (C=O) groups is 2. The molecule has 0 fully saturated rings. The van der Waals surface area contributed by atoms with E-state index in [2.05, 4.69) is 15.3 Å². The summed E-state index contributed by atoms with van der Waals surface area (Å²) in [5, 5.41) is 12.1. The molecule has 6 nitrogen and oxygen atoms in total. The van der Waals surface area contributed by atoms with Gasteiger partial charge in [-0.15, -0.1) is 0 Å². The van der Waals surface area contributed by atoms with E-state index in [0.29, 0.717) is 5.69 Å². The summed E-state index contributed by atoms with van der Waals surface area (Å²) in [5.74, 6) is -1.50. The average molecular weight is 291 g/mol. The number of anilines is 1. The van der Waals surface area contributed by atoms with Crippen molar-refractivity contribution in [1.29, 1.82) is 0 Å². The molecule has 2 aromatic heterocycles. The number of nitrogens with one attached hydrogen (secondary N) is 1. The summed E-state index contributed by atoms with van der Waals surface area (Å²) >= 11 is 0.926. The van der Waals surface area contributed by atoms with Gasteiger partial charge in [-0.3, -0.25) is 9.78 Å². The molecular formula is C13H13N3O3S. The van der Waals surface area contributed by atoms with Gasteiger partial charge in [-0.25, -0.2) is 9.78 Å². The summed E-state index contributed by atoms with van der Waals surface area (Å²) in [6.07, 6.45) is 1.56. The van der Waals surface area contributed by atoms with Gasteiger partial charge in [0.25, 0.3) is 0 Å². The van der Waals surface area contributed by atoms with E-state index in [1.807, 2.05) is 0 Å². The Morgan fingerprint density at radius 2 is 2.10 bits per heavy atom. The number of rotatable bonds is 4. The Balaban J connectivity index is 2.39. The van der Waals surface area contributed by atoms with E-state index < -0.39 is 5.97 Å². The highest BCUT2D eigenvalue weighted by Crippen LogP contribution is 2.30. The summed E-state index contributed by atoms with van der Waals surface area (Å²) in [4.78, 5) is 31.2. The van der Waals surface area contributed by atoms with Crippen molar-refractivity contribution in [3.8, 4) is 11.4 Å². The van der Waals surface area contributed by atoms with Crippen molar-refractivity contribution in [2.75, 3.05) is 5.32 Å². The summed E-state index contributed by atoms with van der Waals surface area (Å²) in [5.41, 5.74) is 0.730. The van der Waals surface area contributed by atoms with Gasteiger partial charge in [0.05, 0.1) is 5.69 Å². The van der Waals surface area contributed by atoms with Crippen LogP contribution < -0.4 is 5.32 Å². The van der Waals surface area contributed by atoms with Crippen LogP contribution in [0.2, 0.25) is 0 Å². The first-order valence-corrected chi connectivity index (χ1v) is 6.77. The molecule has 7 heteroatoms. The zero-order chi connectivity index (χ0) is 14.7. The first-order valence-electron chi connectivity index (χ1n) is 5.95. The van der Waals surface area contributed by atoms with E-state index in [0.717, 1.165) is 11.3 Å². The topological polar surface area (TPSA) is 92.2 Å². The molecule has 0 spiro atoms. The van der Waals surface area contributed by atoms with Crippen LogP contribution >= 0.6 is 11.3 Å². The Hall–Kier alpha value is -2.28. The third-order valence-corrected chi connectivity index (χ3v) is 3.44. The highest BCUT2D eigenvalue weighted by molar-refractivity contribution is 7.18. The second-order valence-corrected chi connectivity index (χ2v) is 5.36. The van der Waals surface area contributed by atoms with Gasteiger partial charge < -0.3 is 10.4 Å². The maximum Gasteiger partial charge on any atom is 0.348 e. The first kappa shape index (κ1) is 14.1. The fraction of sp³-hybridized carbons (Fsp3) is 0.231. The summed E-state index contributed by atoms with van der Waals surface area (Å²) < 4.78 is 0. The Kier molecular flexibility index (Phi) is 4.09. The van der Waals surface area contributed by atoms with Crippen LogP contribution in [0.1, 0.15) is 23.5 Å². The van der Waals surface area contributed by atoms with Gasteiger partial charge >= 0.3 is 5.97 Å². The van der Waals surface area contributed by atoms with Gasteiger partial charge in [0.2, 0.25) is 5.91 Å². The number of aromatic carboxylic acids is 1. The molecule has 0 radical (unpaired) electrons. The standard InChI is InChI=1S/C13H13N3O3S/c1-7(2)11(17)16-13-15-9(10(20-13)12(18)19)8-5-3-4-6-14-8/h3-7H,1-2H3,(H,18,19)(H,15,16,17). The van der Waals surface area contributed by atoms with Gasteiger partial charge in [-0.1, -0.05) is 31.3 Å². The largest absolute Gasteiger partial charge is 0.477 e. The zero-order valence-electron chi connectivity index (χ0n) is 11.0. The normalized spacial score (nSPS) is 10.6. The smallest absolute Gasteiger partial charge is 0.348 e. The lowest BCUT2D eigenvalue weighted by molar-refractivity contribution is -0.118. The lowest BCUT2D eigenvalue weighted by atomic mass is 10.2. The highest BCUT2D eigenvalue weighted by Gasteiger charge is 2.21. The van der Waals surface area contributed by atoms with Crippen LogP contribution in [0.3, 0.4) is 0 Å². The molecule has 0 unspecified atom stereocenters. The van der Waals surface area contributed by atoms with Gasteiger partial charge in [0.15, 0.2) is 5.13 Å². The van der Waals surface area contributed by atoms with E-state index in [4.69, 9.17) is 0 Å². The van der Waals surface area contributed by atoms with Crippen molar-refractivity contribution in [3.05, 3.63) is 29.3 Å². The van der Waals surface area contributed by atoms with Crippen molar-refractivity contribution in [3.63, 3.8) is 0 Å². The molecule has 1 amide bonds. The van der Waals surface area contributed by atoms with Crippen LogP contribution in [0.15, 0.2) is 24.4 Å². The maximum atomic E-state index is 11.6. The molecule has 20 heavy (non-hydrogen) atoms. The quantitative estimate of drug-likeness (QED) is 0.903. The predicted molar refractivity (Wildman–Crippen MR) is 75.8 cm³/mol.